The minimum Gasteiger partial charge on any atom is -0.389 e. The van der Waals surface area contributed by atoms with E-state index in [9.17, 15) is 5.11 Å². The highest BCUT2D eigenvalue weighted by Gasteiger charge is 2.20. The number of nitrogens with one attached hydrogen (secondary N) is 1. The second-order valence-corrected chi connectivity index (χ2v) is 6.22. The van der Waals surface area contributed by atoms with Crippen LogP contribution < -0.4 is 5.32 Å². The summed E-state index contributed by atoms with van der Waals surface area (Å²) in [5, 5.41) is 13.3. The van der Waals surface area contributed by atoms with E-state index in [0.717, 1.165) is 13.0 Å². The Bertz CT molecular complexity index is 149. The molecule has 0 aromatic heterocycles. The summed E-state index contributed by atoms with van der Waals surface area (Å²) in [7, 11) is 0. The maximum atomic E-state index is 10.0. The van der Waals surface area contributed by atoms with Gasteiger partial charge in [0, 0.05) is 6.54 Å². The van der Waals surface area contributed by atoms with Crippen LogP contribution in [0.15, 0.2) is 0 Å². The highest BCUT2D eigenvalue weighted by Crippen LogP contribution is 2.14. The molecule has 0 aromatic carbocycles. The molecule has 15 heavy (non-hydrogen) atoms. The molecule has 3 heteroatoms. The predicted octanol–water partition coefficient (Wildman–Crippen LogP) is 2.52. The van der Waals surface area contributed by atoms with Crippen LogP contribution in [0.3, 0.4) is 0 Å². The lowest BCUT2D eigenvalue weighted by molar-refractivity contribution is 0.0388. The van der Waals surface area contributed by atoms with Gasteiger partial charge in [-0.05, 0) is 43.7 Å². The molecule has 0 rings (SSSR count). The van der Waals surface area contributed by atoms with Crippen LogP contribution >= 0.6 is 11.8 Å². The largest absolute Gasteiger partial charge is 0.389 e. The van der Waals surface area contributed by atoms with Crippen molar-refractivity contribution in [3.63, 3.8) is 0 Å². The van der Waals surface area contributed by atoms with Crippen molar-refractivity contribution in [1.29, 1.82) is 0 Å². The van der Waals surface area contributed by atoms with E-state index in [1.165, 1.54) is 17.9 Å². The van der Waals surface area contributed by atoms with E-state index in [1.807, 2.05) is 18.7 Å². The van der Waals surface area contributed by atoms with Gasteiger partial charge in [-0.25, -0.2) is 0 Å². The molecule has 0 bridgehead atoms. The van der Waals surface area contributed by atoms with Crippen LogP contribution in [0.4, 0.5) is 0 Å². The van der Waals surface area contributed by atoms with Crippen molar-refractivity contribution in [2.75, 3.05) is 24.6 Å². The smallest absolute Gasteiger partial charge is 0.0746 e. The molecule has 2 nitrogen and oxygen atoms in total. The van der Waals surface area contributed by atoms with Gasteiger partial charge >= 0.3 is 0 Å². The van der Waals surface area contributed by atoms with Gasteiger partial charge < -0.3 is 10.4 Å². The van der Waals surface area contributed by atoms with E-state index >= 15 is 0 Å². The standard InChI is InChI=1S/C12H27NOS/c1-5-15-8-6-7-13-10-12(4,14)9-11(2)3/h11,13-14H,5-10H2,1-4H3. The highest BCUT2D eigenvalue weighted by atomic mass is 32.2. The molecule has 0 radical (unpaired) electrons. The summed E-state index contributed by atoms with van der Waals surface area (Å²) >= 11 is 1.97. The first-order valence-corrected chi connectivity index (χ1v) is 7.14. The first kappa shape index (κ1) is 15.3. The predicted molar refractivity (Wildman–Crippen MR) is 70.6 cm³/mol. The molecular formula is C12H27NOS. The first-order chi connectivity index (χ1) is 6.98. The topological polar surface area (TPSA) is 32.3 Å². The lowest BCUT2D eigenvalue weighted by Gasteiger charge is -2.25. The lowest BCUT2D eigenvalue weighted by Crippen LogP contribution is -2.39. The van der Waals surface area contributed by atoms with E-state index < -0.39 is 5.60 Å². The van der Waals surface area contributed by atoms with Crippen molar-refractivity contribution in [3.05, 3.63) is 0 Å². The SMILES string of the molecule is CCSCCCNCC(C)(O)CC(C)C. The third-order valence-electron chi connectivity index (χ3n) is 2.20. The maximum Gasteiger partial charge on any atom is 0.0746 e. The number of aliphatic hydroxyl groups is 1. The van der Waals surface area contributed by atoms with E-state index in [0.29, 0.717) is 12.5 Å². The van der Waals surface area contributed by atoms with Crippen molar-refractivity contribution < 1.29 is 5.11 Å². The number of hydrogen-bond acceptors (Lipinski definition) is 3. The number of hydrogen-bond donors (Lipinski definition) is 2. The van der Waals surface area contributed by atoms with Crippen molar-refractivity contribution >= 4 is 11.8 Å². The molecule has 0 aromatic rings. The summed E-state index contributed by atoms with van der Waals surface area (Å²) in [5.74, 6) is 2.97. The Morgan fingerprint density at radius 1 is 1.40 bits per heavy atom. The van der Waals surface area contributed by atoms with Gasteiger partial charge in [-0.1, -0.05) is 20.8 Å². The quantitative estimate of drug-likeness (QED) is 0.600. The Kier molecular flexibility index (Phi) is 8.58. The van der Waals surface area contributed by atoms with Crippen molar-refractivity contribution in [1.82, 2.24) is 5.32 Å². The number of thioether (sulfide) groups is 1. The summed E-state index contributed by atoms with van der Waals surface area (Å²) in [6.07, 6.45) is 2.06. The van der Waals surface area contributed by atoms with Crippen LogP contribution in [0.1, 0.15) is 40.5 Å². The second kappa shape index (κ2) is 8.43. The summed E-state index contributed by atoms with van der Waals surface area (Å²) in [6, 6.07) is 0. The molecule has 0 fully saturated rings. The summed E-state index contributed by atoms with van der Waals surface area (Å²) < 4.78 is 0. The second-order valence-electron chi connectivity index (χ2n) is 4.82. The molecule has 0 spiro atoms. The Balaban J connectivity index is 3.40. The highest BCUT2D eigenvalue weighted by molar-refractivity contribution is 7.99. The van der Waals surface area contributed by atoms with Gasteiger partial charge in [0.15, 0.2) is 0 Å². The fraction of sp³-hybridized carbons (Fsp3) is 1.00. The van der Waals surface area contributed by atoms with Gasteiger partial charge in [-0.15, -0.1) is 0 Å². The average molecular weight is 233 g/mol. The van der Waals surface area contributed by atoms with Gasteiger partial charge in [0.1, 0.15) is 0 Å². The summed E-state index contributed by atoms with van der Waals surface area (Å²) in [6.45, 7) is 10.1. The molecule has 0 aliphatic rings. The molecular weight excluding hydrogens is 206 g/mol. The van der Waals surface area contributed by atoms with Crippen LogP contribution in [-0.4, -0.2) is 35.3 Å². The molecule has 0 amide bonds. The zero-order chi connectivity index (χ0) is 11.7. The van der Waals surface area contributed by atoms with Crippen LogP contribution in [0.2, 0.25) is 0 Å². The molecule has 1 unspecified atom stereocenters. The van der Waals surface area contributed by atoms with Crippen LogP contribution in [0.5, 0.6) is 0 Å². The Labute approximate surface area is 99.2 Å². The average Bonchev–Trinajstić information content (AvgIpc) is 2.08. The molecule has 1 atom stereocenters. The van der Waals surface area contributed by atoms with E-state index in [4.69, 9.17) is 0 Å². The number of rotatable bonds is 9. The summed E-state index contributed by atoms with van der Waals surface area (Å²) in [5.41, 5.74) is -0.550. The lowest BCUT2D eigenvalue weighted by atomic mass is 9.94. The molecule has 0 saturated carbocycles. The maximum absolute atomic E-state index is 10.0. The third kappa shape index (κ3) is 10.6. The zero-order valence-corrected chi connectivity index (χ0v) is 11.5. The van der Waals surface area contributed by atoms with E-state index in [-0.39, 0.29) is 0 Å². The minimum atomic E-state index is -0.550. The normalized spacial score (nSPS) is 15.6. The monoisotopic (exact) mass is 233 g/mol. The molecule has 0 aliphatic carbocycles. The van der Waals surface area contributed by atoms with Crippen LogP contribution in [-0.2, 0) is 0 Å². The minimum absolute atomic E-state index is 0.550. The van der Waals surface area contributed by atoms with E-state index in [1.54, 1.807) is 0 Å². The fourth-order valence-corrected chi connectivity index (χ4v) is 2.39. The van der Waals surface area contributed by atoms with E-state index in [2.05, 4.69) is 26.1 Å². The molecule has 0 aliphatic heterocycles. The zero-order valence-electron chi connectivity index (χ0n) is 10.7. The van der Waals surface area contributed by atoms with Gasteiger partial charge in [-0.2, -0.15) is 11.8 Å². The van der Waals surface area contributed by atoms with Crippen molar-refractivity contribution in [2.45, 2.75) is 46.1 Å². The molecule has 0 heterocycles. The molecule has 0 saturated heterocycles. The van der Waals surface area contributed by atoms with Crippen molar-refractivity contribution in [3.8, 4) is 0 Å². The molecule has 2 N–H and O–H groups in total. The van der Waals surface area contributed by atoms with Crippen LogP contribution in [0.25, 0.3) is 0 Å². The molecule has 92 valence electrons. The van der Waals surface area contributed by atoms with Gasteiger partial charge in [0.05, 0.1) is 5.60 Å². The van der Waals surface area contributed by atoms with Gasteiger partial charge in [0.25, 0.3) is 0 Å². The van der Waals surface area contributed by atoms with Gasteiger partial charge in [0.2, 0.25) is 0 Å². The van der Waals surface area contributed by atoms with Crippen molar-refractivity contribution in [2.24, 2.45) is 5.92 Å². The summed E-state index contributed by atoms with van der Waals surface area (Å²) in [4.78, 5) is 0. The Morgan fingerprint density at radius 2 is 2.07 bits per heavy atom. The van der Waals surface area contributed by atoms with Gasteiger partial charge in [-0.3, -0.25) is 0 Å². The Hall–Kier alpha value is 0.270. The third-order valence-corrected chi connectivity index (χ3v) is 3.19. The first-order valence-electron chi connectivity index (χ1n) is 5.99. The van der Waals surface area contributed by atoms with Crippen LogP contribution in [0, 0.1) is 5.92 Å². The Morgan fingerprint density at radius 3 is 2.60 bits per heavy atom. The fourth-order valence-electron chi connectivity index (χ4n) is 1.75.